The summed E-state index contributed by atoms with van der Waals surface area (Å²) in [6, 6.07) is 9.44. The second-order valence-electron chi connectivity index (χ2n) is 4.88. The minimum atomic E-state index is -2.49. The Balaban J connectivity index is 2.17. The van der Waals surface area contributed by atoms with Gasteiger partial charge in [0.25, 0.3) is 11.7 Å². The largest absolute Gasteiger partial charge is 0.493 e. The molecular weight excluding hydrogens is 336 g/mol. The number of thioether (sulfide) groups is 1. The third-order valence-corrected chi connectivity index (χ3v) is 4.04. The molecule has 0 aliphatic carbocycles. The van der Waals surface area contributed by atoms with Crippen LogP contribution >= 0.6 is 11.8 Å². The normalized spacial score (nSPS) is 10.6. The molecule has 1 N–H and O–H groups in total. The Bertz CT molecular complexity index is 721. The van der Waals surface area contributed by atoms with Gasteiger partial charge in [-0.3, -0.25) is 4.79 Å². The van der Waals surface area contributed by atoms with E-state index in [1.807, 2.05) is 6.92 Å². The lowest BCUT2D eigenvalue weighted by molar-refractivity contribution is 0.102. The van der Waals surface area contributed by atoms with Crippen LogP contribution in [-0.4, -0.2) is 25.9 Å². The molecule has 7 heteroatoms. The van der Waals surface area contributed by atoms with Crippen LogP contribution in [0.25, 0.3) is 0 Å². The molecule has 1 amide bonds. The highest BCUT2D eigenvalue weighted by Crippen LogP contribution is 2.33. The van der Waals surface area contributed by atoms with E-state index in [1.165, 1.54) is 38.5 Å². The topological polar surface area (TPSA) is 47.6 Å². The Morgan fingerprint density at radius 2 is 1.67 bits per heavy atom. The fourth-order valence-corrected chi connectivity index (χ4v) is 2.60. The smallest absolute Gasteiger partial charge is 0.288 e. The second kappa shape index (κ2) is 8.01. The fraction of sp³-hybridized carbons (Fsp3) is 0.235. The van der Waals surface area contributed by atoms with Crippen molar-refractivity contribution in [2.75, 3.05) is 19.5 Å². The Kier molecular flexibility index (Phi) is 6.03. The molecule has 2 aromatic carbocycles. The van der Waals surface area contributed by atoms with Gasteiger partial charge in [-0.05, 0) is 42.8 Å². The van der Waals surface area contributed by atoms with Crippen molar-refractivity contribution in [2.45, 2.75) is 17.6 Å². The van der Waals surface area contributed by atoms with Crippen molar-refractivity contribution in [1.82, 2.24) is 0 Å². The van der Waals surface area contributed by atoms with Crippen molar-refractivity contribution in [3.8, 4) is 11.5 Å². The highest BCUT2D eigenvalue weighted by Gasteiger charge is 2.13. The Morgan fingerprint density at radius 3 is 2.21 bits per heavy atom. The van der Waals surface area contributed by atoms with Gasteiger partial charge in [-0.25, -0.2) is 0 Å². The highest BCUT2D eigenvalue weighted by molar-refractivity contribution is 7.99. The molecule has 128 valence electrons. The zero-order valence-electron chi connectivity index (χ0n) is 13.4. The number of aryl methyl sites for hydroxylation is 1. The summed E-state index contributed by atoms with van der Waals surface area (Å²) in [6.07, 6.45) is 0. The van der Waals surface area contributed by atoms with Gasteiger partial charge in [-0.2, -0.15) is 8.78 Å². The van der Waals surface area contributed by atoms with Crippen LogP contribution in [0.3, 0.4) is 0 Å². The number of carbonyl (C=O) groups excluding carboxylic acids is 1. The number of benzene rings is 2. The van der Waals surface area contributed by atoms with E-state index < -0.39 is 5.76 Å². The highest BCUT2D eigenvalue weighted by atomic mass is 32.2. The molecule has 2 aromatic rings. The van der Waals surface area contributed by atoms with Crippen molar-refractivity contribution in [1.29, 1.82) is 0 Å². The number of alkyl halides is 2. The van der Waals surface area contributed by atoms with Crippen molar-refractivity contribution >= 4 is 23.4 Å². The maximum Gasteiger partial charge on any atom is 0.288 e. The van der Waals surface area contributed by atoms with Crippen LogP contribution in [0.15, 0.2) is 41.3 Å². The minimum Gasteiger partial charge on any atom is -0.493 e. The number of rotatable bonds is 6. The van der Waals surface area contributed by atoms with E-state index in [4.69, 9.17) is 9.47 Å². The van der Waals surface area contributed by atoms with Gasteiger partial charge in [0, 0.05) is 22.2 Å². The number of ether oxygens (including phenoxy) is 2. The Morgan fingerprint density at radius 1 is 1.08 bits per heavy atom. The second-order valence-corrected chi connectivity index (χ2v) is 5.94. The summed E-state index contributed by atoms with van der Waals surface area (Å²) < 4.78 is 35.0. The molecule has 0 unspecified atom stereocenters. The summed E-state index contributed by atoms with van der Waals surface area (Å²) in [5.74, 6) is -1.75. The zero-order chi connectivity index (χ0) is 17.7. The van der Waals surface area contributed by atoms with Crippen molar-refractivity contribution in [3.63, 3.8) is 0 Å². The molecule has 0 spiro atoms. The van der Waals surface area contributed by atoms with Gasteiger partial charge < -0.3 is 14.8 Å². The summed E-state index contributed by atoms with van der Waals surface area (Å²) in [5, 5.41) is 2.78. The number of halogens is 2. The molecule has 0 radical (unpaired) electrons. The van der Waals surface area contributed by atoms with Gasteiger partial charge in [0.1, 0.15) is 0 Å². The van der Waals surface area contributed by atoms with Crippen LogP contribution in [0.4, 0.5) is 14.5 Å². The van der Waals surface area contributed by atoms with E-state index in [0.717, 1.165) is 5.56 Å². The summed E-state index contributed by atoms with van der Waals surface area (Å²) in [5.41, 5.74) is 1.78. The van der Waals surface area contributed by atoms with Gasteiger partial charge >= 0.3 is 0 Å². The molecule has 0 bridgehead atoms. The molecule has 24 heavy (non-hydrogen) atoms. The summed E-state index contributed by atoms with van der Waals surface area (Å²) in [6.45, 7) is 1.83. The van der Waals surface area contributed by atoms with E-state index in [2.05, 4.69) is 5.32 Å². The first kappa shape index (κ1) is 18.1. The molecule has 0 saturated heterocycles. The van der Waals surface area contributed by atoms with Gasteiger partial charge in [0.15, 0.2) is 11.5 Å². The number of methoxy groups -OCH3 is 2. The van der Waals surface area contributed by atoms with Crippen LogP contribution in [-0.2, 0) is 0 Å². The van der Waals surface area contributed by atoms with E-state index in [0.29, 0.717) is 39.4 Å². The lowest BCUT2D eigenvalue weighted by atomic mass is 10.1. The van der Waals surface area contributed by atoms with Crippen molar-refractivity contribution < 1.29 is 23.0 Å². The third kappa shape index (κ3) is 4.38. The van der Waals surface area contributed by atoms with E-state index in [1.54, 1.807) is 12.1 Å². The first-order valence-electron chi connectivity index (χ1n) is 7.03. The third-order valence-electron chi connectivity index (χ3n) is 3.32. The average molecular weight is 353 g/mol. The molecule has 4 nitrogen and oxygen atoms in total. The predicted molar refractivity (Wildman–Crippen MR) is 90.5 cm³/mol. The van der Waals surface area contributed by atoms with Gasteiger partial charge in [0.2, 0.25) is 0 Å². The molecule has 2 rings (SSSR count). The van der Waals surface area contributed by atoms with Gasteiger partial charge in [-0.1, -0.05) is 11.8 Å². The lowest BCUT2D eigenvalue weighted by Crippen LogP contribution is -2.13. The quantitative estimate of drug-likeness (QED) is 0.772. The van der Waals surface area contributed by atoms with E-state index in [9.17, 15) is 13.6 Å². The zero-order valence-corrected chi connectivity index (χ0v) is 14.2. The van der Waals surface area contributed by atoms with Gasteiger partial charge in [-0.15, -0.1) is 0 Å². The Labute approximate surface area is 143 Å². The number of hydrogen-bond acceptors (Lipinski definition) is 4. The average Bonchev–Trinajstić information content (AvgIpc) is 2.56. The molecule has 0 aliphatic rings. The van der Waals surface area contributed by atoms with Gasteiger partial charge in [0.05, 0.1) is 14.2 Å². The molecule has 0 heterocycles. The monoisotopic (exact) mass is 353 g/mol. The van der Waals surface area contributed by atoms with E-state index >= 15 is 0 Å². The number of hydrogen-bond donors (Lipinski definition) is 1. The molecular formula is C17H17F2NO3S. The number of carbonyl (C=O) groups is 1. The van der Waals surface area contributed by atoms with Crippen LogP contribution < -0.4 is 14.8 Å². The predicted octanol–water partition coefficient (Wildman–Crippen LogP) is 4.58. The molecule has 0 aromatic heterocycles. The number of nitrogens with one attached hydrogen (secondary N) is 1. The van der Waals surface area contributed by atoms with Crippen molar-refractivity contribution in [3.05, 3.63) is 47.5 Å². The van der Waals surface area contributed by atoms with Crippen molar-refractivity contribution in [2.24, 2.45) is 0 Å². The summed E-state index contributed by atoms with van der Waals surface area (Å²) in [4.78, 5) is 12.7. The van der Waals surface area contributed by atoms with Crippen LogP contribution in [0.1, 0.15) is 15.9 Å². The van der Waals surface area contributed by atoms with Crippen LogP contribution in [0.2, 0.25) is 0 Å². The maximum atomic E-state index is 12.3. The minimum absolute atomic E-state index is 0.334. The summed E-state index contributed by atoms with van der Waals surface area (Å²) in [7, 11) is 3.05. The van der Waals surface area contributed by atoms with E-state index in [-0.39, 0.29) is 5.91 Å². The first-order chi connectivity index (χ1) is 11.4. The standard InChI is InChI=1S/C17H17F2NO3S/c1-10-8-14(22-2)15(23-3)9-13(10)20-16(21)11-4-6-12(7-5-11)24-17(18)19/h4-9,17H,1-3H3,(H,20,21). The number of anilines is 1. The molecule has 0 saturated carbocycles. The van der Waals surface area contributed by atoms with Crippen LogP contribution in [0, 0.1) is 6.92 Å². The molecule has 0 aliphatic heterocycles. The van der Waals surface area contributed by atoms with Crippen LogP contribution in [0.5, 0.6) is 11.5 Å². The first-order valence-corrected chi connectivity index (χ1v) is 7.91. The maximum absolute atomic E-state index is 12.3. The molecule has 0 fully saturated rings. The fourth-order valence-electron chi connectivity index (χ4n) is 2.10. The SMILES string of the molecule is COc1cc(C)c(NC(=O)c2ccc(SC(F)F)cc2)cc1OC. The number of amides is 1. The summed E-state index contributed by atoms with van der Waals surface area (Å²) >= 11 is 0.439. The lowest BCUT2D eigenvalue weighted by Gasteiger charge is -2.13. The molecule has 0 atom stereocenters. The Hall–Kier alpha value is -2.28.